The van der Waals surface area contributed by atoms with Gasteiger partial charge in [-0.05, 0) is 55.0 Å². The second-order valence-electron chi connectivity index (χ2n) is 5.22. The smallest absolute Gasteiger partial charge is 0.293 e. The molecule has 0 saturated carbocycles. The third kappa shape index (κ3) is 5.71. The van der Waals surface area contributed by atoms with Gasteiger partial charge in [-0.15, -0.1) is 0 Å². The van der Waals surface area contributed by atoms with Crippen LogP contribution in [0.25, 0.3) is 0 Å². The maximum atomic E-state index is 12.0. The highest BCUT2D eigenvalue weighted by molar-refractivity contribution is 7.80. The lowest BCUT2D eigenvalue weighted by molar-refractivity contribution is -0.116. The molecule has 0 aliphatic rings. The Morgan fingerprint density at radius 3 is 2.38 bits per heavy atom. The molecule has 9 heteroatoms. The predicted molar refractivity (Wildman–Crippen MR) is 99.4 cm³/mol. The Bertz CT molecular complexity index is 788. The van der Waals surface area contributed by atoms with Crippen molar-refractivity contribution in [1.82, 2.24) is 16.2 Å². The first-order valence-electron chi connectivity index (χ1n) is 7.84. The van der Waals surface area contributed by atoms with Crippen molar-refractivity contribution in [1.29, 1.82) is 0 Å². The Kier molecular flexibility index (Phi) is 6.86. The predicted octanol–water partition coefficient (Wildman–Crippen LogP) is 1.97. The van der Waals surface area contributed by atoms with Gasteiger partial charge < -0.3 is 9.73 Å². The van der Waals surface area contributed by atoms with E-state index in [9.17, 15) is 14.4 Å². The maximum absolute atomic E-state index is 12.0. The van der Waals surface area contributed by atoms with Gasteiger partial charge in [0, 0.05) is 17.7 Å². The minimum Gasteiger partial charge on any atom is -0.459 e. The lowest BCUT2D eigenvalue weighted by Crippen LogP contribution is -2.48. The highest BCUT2D eigenvalue weighted by Gasteiger charge is 2.11. The Hall–Kier alpha value is -3.20. The van der Waals surface area contributed by atoms with Crippen LogP contribution in [0.4, 0.5) is 5.69 Å². The highest BCUT2D eigenvalue weighted by Crippen LogP contribution is 2.10. The summed E-state index contributed by atoms with van der Waals surface area (Å²) in [6.45, 7) is 1.92. The molecule has 0 bridgehead atoms. The van der Waals surface area contributed by atoms with Crippen LogP contribution in [0, 0.1) is 0 Å². The molecule has 1 aromatic heterocycles. The zero-order chi connectivity index (χ0) is 18.9. The summed E-state index contributed by atoms with van der Waals surface area (Å²) in [6.07, 6.45) is 2.56. The first-order valence-corrected chi connectivity index (χ1v) is 8.25. The lowest BCUT2D eigenvalue weighted by atomic mass is 10.2. The van der Waals surface area contributed by atoms with Crippen molar-refractivity contribution in [2.45, 2.75) is 19.8 Å². The number of hydrazine groups is 1. The molecule has 3 amide bonds. The van der Waals surface area contributed by atoms with E-state index in [1.165, 1.54) is 12.3 Å². The molecule has 8 nitrogen and oxygen atoms in total. The maximum Gasteiger partial charge on any atom is 0.293 e. The lowest BCUT2D eigenvalue weighted by Gasteiger charge is -2.10. The fraction of sp³-hybridized carbons (Fsp3) is 0.176. The van der Waals surface area contributed by atoms with Crippen LogP contribution in [0.1, 0.15) is 40.7 Å². The van der Waals surface area contributed by atoms with E-state index in [4.69, 9.17) is 16.6 Å². The molecule has 0 aliphatic heterocycles. The van der Waals surface area contributed by atoms with E-state index in [-0.39, 0.29) is 16.8 Å². The van der Waals surface area contributed by atoms with Crippen LogP contribution in [0.15, 0.2) is 47.1 Å². The average Bonchev–Trinajstić information content (AvgIpc) is 3.15. The minimum atomic E-state index is -0.533. The quantitative estimate of drug-likeness (QED) is 0.470. The van der Waals surface area contributed by atoms with Gasteiger partial charge in [-0.2, -0.15) is 0 Å². The summed E-state index contributed by atoms with van der Waals surface area (Å²) in [5, 5.41) is 5.01. The molecule has 1 heterocycles. The van der Waals surface area contributed by atoms with E-state index in [1.54, 1.807) is 30.3 Å². The van der Waals surface area contributed by atoms with Crippen LogP contribution in [0.5, 0.6) is 0 Å². The number of carbonyl (C=O) groups excluding carboxylic acids is 3. The summed E-state index contributed by atoms with van der Waals surface area (Å²) < 4.78 is 4.93. The van der Waals surface area contributed by atoms with Gasteiger partial charge >= 0.3 is 0 Å². The molecule has 0 unspecified atom stereocenters. The molecular formula is C17H18N4O4S. The van der Waals surface area contributed by atoms with Gasteiger partial charge in [0.1, 0.15) is 0 Å². The van der Waals surface area contributed by atoms with Crippen LogP contribution in [0.2, 0.25) is 0 Å². The van der Waals surface area contributed by atoms with Crippen molar-refractivity contribution < 1.29 is 18.8 Å². The summed E-state index contributed by atoms with van der Waals surface area (Å²) in [5.41, 5.74) is 5.75. The monoisotopic (exact) mass is 374 g/mol. The van der Waals surface area contributed by atoms with E-state index in [1.807, 2.05) is 6.92 Å². The van der Waals surface area contributed by atoms with Crippen molar-refractivity contribution in [3.05, 3.63) is 54.0 Å². The SMILES string of the molecule is CCCC(=O)Nc1ccc(C(=O)NNC(=S)NC(=O)c2ccco2)cc1. The number of anilines is 1. The van der Waals surface area contributed by atoms with Crippen molar-refractivity contribution >= 4 is 40.7 Å². The Morgan fingerprint density at radius 2 is 1.77 bits per heavy atom. The molecule has 0 fully saturated rings. The molecule has 1 aromatic carbocycles. The number of hydrogen-bond donors (Lipinski definition) is 4. The van der Waals surface area contributed by atoms with Gasteiger partial charge in [-0.3, -0.25) is 30.6 Å². The van der Waals surface area contributed by atoms with Crippen LogP contribution >= 0.6 is 12.2 Å². The van der Waals surface area contributed by atoms with E-state index < -0.39 is 11.8 Å². The standard InChI is InChI=1S/C17H18N4O4S/c1-2-4-14(22)18-12-8-6-11(7-9-12)15(23)20-21-17(26)19-16(24)13-5-3-10-25-13/h3,5-10H,2,4H2,1H3,(H,18,22)(H,20,23)(H2,19,21,24,26). The molecular weight excluding hydrogens is 356 g/mol. The van der Waals surface area contributed by atoms with Crippen LogP contribution in [-0.4, -0.2) is 22.8 Å². The van der Waals surface area contributed by atoms with Crippen molar-refractivity contribution in [3.8, 4) is 0 Å². The summed E-state index contributed by atoms with van der Waals surface area (Å²) in [7, 11) is 0. The van der Waals surface area contributed by atoms with Crippen molar-refractivity contribution in [3.63, 3.8) is 0 Å². The highest BCUT2D eigenvalue weighted by atomic mass is 32.1. The van der Waals surface area contributed by atoms with Gasteiger partial charge in [0.15, 0.2) is 10.9 Å². The molecule has 0 atom stereocenters. The van der Waals surface area contributed by atoms with E-state index >= 15 is 0 Å². The number of furan rings is 1. The number of amides is 3. The average molecular weight is 374 g/mol. The fourth-order valence-corrected chi connectivity index (χ4v) is 2.09. The number of rotatable bonds is 5. The van der Waals surface area contributed by atoms with Crippen LogP contribution in [0.3, 0.4) is 0 Å². The van der Waals surface area contributed by atoms with Gasteiger partial charge in [0.25, 0.3) is 11.8 Å². The summed E-state index contributed by atoms with van der Waals surface area (Å²) in [4.78, 5) is 35.3. The molecule has 2 aromatic rings. The Balaban J connectivity index is 1.81. The third-order valence-electron chi connectivity index (χ3n) is 3.17. The zero-order valence-electron chi connectivity index (χ0n) is 14.0. The van der Waals surface area contributed by atoms with Gasteiger partial charge in [-0.25, -0.2) is 0 Å². The molecule has 0 saturated heterocycles. The largest absolute Gasteiger partial charge is 0.459 e. The molecule has 26 heavy (non-hydrogen) atoms. The normalized spacial score (nSPS) is 9.88. The van der Waals surface area contributed by atoms with E-state index in [0.29, 0.717) is 17.7 Å². The first-order chi connectivity index (χ1) is 12.5. The van der Waals surface area contributed by atoms with Crippen molar-refractivity contribution in [2.75, 3.05) is 5.32 Å². The fourth-order valence-electron chi connectivity index (χ4n) is 1.94. The van der Waals surface area contributed by atoms with Crippen LogP contribution < -0.4 is 21.5 Å². The number of carbonyl (C=O) groups is 3. The number of thiocarbonyl (C=S) groups is 1. The first kappa shape index (κ1) is 19.1. The van der Waals surface area contributed by atoms with E-state index in [0.717, 1.165) is 6.42 Å². The topological polar surface area (TPSA) is 112 Å². The number of hydrogen-bond acceptors (Lipinski definition) is 5. The van der Waals surface area contributed by atoms with Gasteiger partial charge in [-0.1, -0.05) is 6.92 Å². The van der Waals surface area contributed by atoms with Gasteiger partial charge in [0.2, 0.25) is 5.91 Å². The molecule has 4 N–H and O–H groups in total. The zero-order valence-corrected chi connectivity index (χ0v) is 14.8. The Labute approximate surface area is 155 Å². The van der Waals surface area contributed by atoms with Crippen LogP contribution in [-0.2, 0) is 4.79 Å². The second-order valence-corrected chi connectivity index (χ2v) is 5.62. The summed E-state index contributed by atoms with van der Waals surface area (Å²) in [5.74, 6) is -0.967. The molecule has 136 valence electrons. The Morgan fingerprint density at radius 1 is 1.04 bits per heavy atom. The third-order valence-corrected chi connectivity index (χ3v) is 3.37. The summed E-state index contributed by atoms with van der Waals surface area (Å²) >= 11 is 4.92. The molecule has 0 radical (unpaired) electrons. The summed E-state index contributed by atoms with van der Waals surface area (Å²) in [6, 6.07) is 9.42. The molecule has 2 rings (SSSR count). The van der Waals surface area contributed by atoms with E-state index in [2.05, 4.69) is 21.5 Å². The molecule has 0 spiro atoms. The molecule has 0 aliphatic carbocycles. The minimum absolute atomic E-state index is 0.0796. The van der Waals surface area contributed by atoms with Crippen molar-refractivity contribution in [2.24, 2.45) is 0 Å². The number of nitrogens with one attached hydrogen (secondary N) is 4. The number of benzene rings is 1. The second kappa shape index (κ2) is 9.33. The van der Waals surface area contributed by atoms with Gasteiger partial charge in [0.05, 0.1) is 6.26 Å².